The van der Waals surface area contributed by atoms with Gasteiger partial charge in [0.2, 0.25) is 0 Å². The summed E-state index contributed by atoms with van der Waals surface area (Å²) < 4.78 is 0. The van der Waals surface area contributed by atoms with Crippen molar-refractivity contribution in [3.63, 3.8) is 0 Å². The van der Waals surface area contributed by atoms with E-state index in [2.05, 4.69) is 24.4 Å². The minimum Gasteiger partial charge on any atom is -0.360 e. The molecule has 1 N–H and O–H groups in total. The first-order valence-electron chi connectivity index (χ1n) is 9.38. The predicted molar refractivity (Wildman–Crippen MR) is 102 cm³/mol. The molecule has 1 amide bonds. The third kappa shape index (κ3) is 5.63. The minimum atomic E-state index is -0.193. The zero-order chi connectivity index (χ0) is 18.1. The number of unbranched alkanes of at least 4 members (excludes halogenated alkanes) is 1. The van der Waals surface area contributed by atoms with Gasteiger partial charge in [-0.2, -0.15) is 5.26 Å². The number of likely N-dealkylation sites (N-methyl/N-ethyl adjacent to an activating group) is 1. The van der Waals surface area contributed by atoms with Crippen LogP contribution in [-0.4, -0.2) is 23.9 Å². The van der Waals surface area contributed by atoms with Crippen LogP contribution in [0.1, 0.15) is 57.4 Å². The average molecular weight is 339 g/mol. The van der Waals surface area contributed by atoms with Crippen molar-refractivity contribution in [2.24, 2.45) is 0 Å². The summed E-state index contributed by atoms with van der Waals surface area (Å²) in [7, 11) is 1.81. The van der Waals surface area contributed by atoms with Gasteiger partial charge >= 0.3 is 0 Å². The molecule has 1 saturated carbocycles. The maximum Gasteiger partial charge on any atom is 0.266 e. The summed E-state index contributed by atoms with van der Waals surface area (Å²) in [5, 5.41) is 12.4. The Hall–Kier alpha value is -2.28. The second-order valence-corrected chi connectivity index (χ2v) is 6.82. The van der Waals surface area contributed by atoms with Gasteiger partial charge in [-0.1, -0.05) is 44.7 Å². The first-order chi connectivity index (χ1) is 12.2. The van der Waals surface area contributed by atoms with Crippen molar-refractivity contribution >= 4 is 11.6 Å². The van der Waals surface area contributed by atoms with Crippen LogP contribution in [0, 0.1) is 11.3 Å². The molecule has 1 aliphatic carbocycles. The number of aryl methyl sites for hydroxylation is 1. The Morgan fingerprint density at radius 2 is 1.96 bits per heavy atom. The number of hydrogen-bond acceptors (Lipinski definition) is 3. The van der Waals surface area contributed by atoms with Crippen LogP contribution >= 0.6 is 0 Å². The quantitative estimate of drug-likeness (QED) is 0.581. The fourth-order valence-corrected chi connectivity index (χ4v) is 3.27. The molecule has 2 rings (SSSR count). The molecule has 1 aliphatic rings. The monoisotopic (exact) mass is 339 g/mol. The standard InChI is InChI=1S/C21H29N3O/c1-3-4-8-17-11-13-19(14-12-17)23-16-18(15-22)21(25)24(2)20-9-6-5-7-10-20/h11-14,16,20,23H,3-10H2,1-2H3/b18-16-. The van der Waals surface area contributed by atoms with E-state index in [0.717, 1.165) is 37.8 Å². The number of benzene rings is 1. The molecule has 0 atom stereocenters. The van der Waals surface area contributed by atoms with E-state index >= 15 is 0 Å². The highest BCUT2D eigenvalue weighted by Gasteiger charge is 2.24. The Bertz CT molecular complexity index is 622. The number of anilines is 1. The summed E-state index contributed by atoms with van der Waals surface area (Å²) >= 11 is 0. The van der Waals surface area contributed by atoms with Crippen LogP contribution in [0.4, 0.5) is 5.69 Å². The normalized spacial score (nSPS) is 15.5. The molecule has 1 aromatic rings. The first kappa shape index (κ1) is 19.1. The first-order valence-corrected chi connectivity index (χ1v) is 9.38. The van der Waals surface area contributed by atoms with Gasteiger partial charge in [0.25, 0.3) is 5.91 Å². The Kier molecular flexibility index (Phi) is 7.53. The maximum atomic E-state index is 12.6. The van der Waals surface area contributed by atoms with Crippen molar-refractivity contribution in [2.75, 3.05) is 12.4 Å². The number of rotatable bonds is 7. The second-order valence-electron chi connectivity index (χ2n) is 6.82. The zero-order valence-corrected chi connectivity index (χ0v) is 15.4. The number of carbonyl (C=O) groups is 1. The molecule has 0 radical (unpaired) electrons. The molecule has 4 nitrogen and oxygen atoms in total. The van der Waals surface area contributed by atoms with Crippen LogP contribution in [0.3, 0.4) is 0 Å². The number of nitriles is 1. The van der Waals surface area contributed by atoms with E-state index in [9.17, 15) is 10.1 Å². The van der Waals surface area contributed by atoms with Crippen molar-refractivity contribution < 1.29 is 4.79 Å². The van der Waals surface area contributed by atoms with E-state index in [1.165, 1.54) is 31.0 Å². The van der Waals surface area contributed by atoms with E-state index in [1.807, 2.05) is 25.2 Å². The van der Waals surface area contributed by atoms with Crippen LogP contribution in [0.2, 0.25) is 0 Å². The summed E-state index contributed by atoms with van der Waals surface area (Å²) in [6.07, 6.45) is 10.6. The predicted octanol–water partition coefficient (Wildman–Crippen LogP) is 4.64. The molecular weight excluding hydrogens is 310 g/mol. The molecule has 0 bridgehead atoms. The fourth-order valence-electron chi connectivity index (χ4n) is 3.27. The molecule has 4 heteroatoms. The fraction of sp³-hybridized carbons (Fsp3) is 0.524. The number of nitrogens with one attached hydrogen (secondary N) is 1. The van der Waals surface area contributed by atoms with E-state index < -0.39 is 0 Å². The Balaban J connectivity index is 1.96. The highest BCUT2D eigenvalue weighted by atomic mass is 16.2. The lowest BCUT2D eigenvalue weighted by Crippen LogP contribution is -2.39. The largest absolute Gasteiger partial charge is 0.360 e. The van der Waals surface area contributed by atoms with Gasteiger partial charge in [0, 0.05) is 25.0 Å². The van der Waals surface area contributed by atoms with E-state index in [0.29, 0.717) is 0 Å². The van der Waals surface area contributed by atoms with Crippen LogP contribution in [0.5, 0.6) is 0 Å². The number of hydrogen-bond donors (Lipinski definition) is 1. The Labute approximate surface area is 151 Å². The van der Waals surface area contributed by atoms with Gasteiger partial charge in [0.05, 0.1) is 0 Å². The van der Waals surface area contributed by atoms with Crippen LogP contribution < -0.4 is 5.32 Å². The molecule has 134 valence electrons. The van der Waals surface area contributed by atoms with E-state index in [-0.39, 0.29) is 17.5 Å². The summed E-state index contributed by atoms with van der Waals surface area (Å²) in [4.78, 5) is 14.3. The molecule has 0 aliphatic heterocycles. The van der Waals surface area contributed by atoms with Gasteiger partial charge in [-0.3, -0.25) is 4.79 Å². The van der Waals surface area contributed by atoms with Crippen molar-refractivity contribution in [1.29, 1.82) is 5.26 Å². The van der Waals surface area contributed by atoms with E-state index in [4.69, 9.17) is 0 Å². The molecule has 25 heavy (non-hydrogen) atoms. The summed E-state index contributed by atoms with van der Waals surface area (Å²) in [5.74, 6) is -0.193. The second kappa shape index (κ2) is 9.88. The van der Waals surface area contributed by atoms with Gasteiger partial charge in [-0.05, 0) is 43.4 Å². The van der Waals surface area contributed by atoms with Gasteiger partial charge in [0.1, 0.15) is 11.6 Å². The summed E-state index contributed by atoms with van der Waals surface area (Å²) in [5.41, 5.74) is 2.36. The van der Waals surface area contributed by atoms with Gasteiger partial charge in [-0.25, -0.2) is 0 Å². The molecule has 1 aromatic carbocycles. The molecule has 0 unspecified atom stereocenters. The number of nitrogens with zero attached hydrogens (tertiary/aromatic N) is 2. The van der Waals surface area contributed by atoms with Crippen LogP contribution in [0.25, 0.3) is 0 Å². The highest BCUT2D eigenvalue weighted by Crippen LogP contribution is 2.22. The molecule has 1 fully saturated rings. The molecule has 0 aromatic heterocycles. The molecule has 0 heterocycles. The van der Waals surface area contributed by atoms with Gasteiger partial charge < -0.3 is 10.2 Å². The molecule has 0 spiro atoms. The summed E-state index contributed by atoms with van der Waals surface area (Å²) in [6, 6.07) is 10.5. The van der Waals surface area contributed by atoms with Crippen molar-refractivity contribution in [1.82, 2.24) is 4.90 Å². The third-order valence-electron chi connectivity index (χ3n) is 4.95. The third-order valence-corrected chi connectivity index (χ3v) is 4.95. The minimum absolute atomic E-state index is 0.156. The van der Waals surface area contributed by atoms with Gasteiger partial charge in [-0.15, -0.1) is 0 Å². The highest BCUT2D eigenvalue weighted by molar-refractivity contribution is 5.97. The number of carbonyl (C=O) groups excluding carboxylic acids is 1. The molecule has 0 saturated heterocycles. The van der Waals surface area contributed by atoms with Crippen molar-refractivity contribution in [3.8, 4) is 6.07 Å². The lowest BCUT2D eigenvalue weighted by Gasteiger charge is -2.31. The van der Waals surface area contributed by atoms with Crippen LogP contribution in [0.15, 0.2) is 36.0 Å². The molecular formula is C21H29N3O. The smallest absolute Gasteiger partial charge is 0.266 e. The SMILES string of the molecule is CCCCc1ccc(N/C=C(/C#N)C(=O)N(C)C2CCCCC2)cc1. The van der Waals surface area contributed by atoms with Gasteiger partial charge in [0.15, 0.2) is 0 Å². The van der Waals surface area contributed by atoms with Crippen molar-refractivity contribution in [2.45, 2.75) is 64.3 Å². The Morgan fingerprint density at radius 3 is 2.56 bits per heavy atom. The maximum absolute atomic E-state index is 12.6. The summed E-state index contributed by atoms with van der Waals surface area (Å²) in [6.45, 7) is 2.19. The van der Waals surface area contributed by atoms with Crippen molar-refractivity contribution in [3.05, 3.63) is 41.6 Å². The van der Waals surface area contributed by atoms with Crippen LogP contribution in [-0.2, 0) is 11.2 Å². The lowest BCUT2D eigenvalue weighted by atomic mass is 9.94. The Morgan fingerprint density at radius 1 is 1.28 bits per heavy atom. The van der Waals surface area contributed by atoms with E-state index in [1.54, 1.807) is 4.90 Å². The average Bonchev–Trinajstić information content (AvgIpc) is 2.67. The topological polar surface area (TPSA) is 56.1 Å². The zero-order valence-electron chi connectivity index (χ0n) is 15.4. The number of amides is 1. The lowest BCUT2D eigenvalue weighted by molar-refractivity contribution is -0.128.